The lowest BCUT2D eigenvalue weighted by molar-refractivity contribution is -0.210. The monoisotopic (exact) mass is 460 g/mol. The first-order valence-electron chi connectivity index (χ1n) is 10.3. The second kappa shape index (κ2) is 7.00. The Balaban J connectivity index is 2.01. The first kappa shape index (κ1) is 23.2. The number of carbonyl (C=O) groups is 5. The SMILES string of the molecule is CN(C)C1C(=O)C(C(N)=O)C(=O)[C@]2(O)C(=O)C3C(=O)c4c(O)cccc4[C@](C)(O)C3C(O)C12. The molecule has 11 heteroatoms. The number of likely N-dealkylation sites (N-methyl/N-ethyl adjacent to an activating group) is 1. The second-order valence-corrected chi connectivity index (χ2v) is 9.37. The zero-order valence-electron chi connectivity index (χ0n) is 18.1. The van der Waals surface area contributed by atoms with Gasteiger partial charge in [-0.1, -0.05) is 12.1 Å². The number of aliphatic hydroxyl groups excluding tert-OH is 1. The Morgan fingerprint density at radius 3 is 2.21 bits per heavy atom. The van der Waals surface area contributed by atoms with Crippen LogP contribution < -0.4 is 5.73 Å². The molecule has 8 atom stereocenters. The van der Waals surface area contributed by atoms with E-state index in [-0.39, 0.29) is 11.1 Å². The minimum Gasteiger partial charge on any atom is -0.507 e. The van der Waals surface area contributed by atoms with Crippen LogP contribution in [0.3, 0.4) is 0 Å². The predicted molar refractivity (Wildman–Crippen MR) is 109 cm³/mol. The van der Waals surface area contributed by atoms with Gasteiger partial charge in [-0.2, -0.15) is 0 Å². The number of ketones is 4. The number of nitrogens with zero attached hydrogens (tertiary/aromatic N) is 1. The number of fused-ring (bicyclic) bond motifs is 3. The molecule has 0 radical (unpaired) electrons. The molecule has 0 aliphatic heterocycles. The molecule has 33 heavy (non-hydrogen) atoms. The van der Waals surface area contributed by atoms with Gasteiger partial charge < -0.3 is 26.2 Å². The summed E-state index contributed by atoms with van der Waals surface area (Å²) in [4.78, 5) is 66.4. The highest BCUT2D eigenvalue weighted by molar-refractivity contribution is 6.32. The number of aliphatic hydroxyl groups is 3. The first-order chi connectivity index (χ1) is 15.2. The Kier molecular flexibility index (Phi) is 4.92. The number of hydrogen-bond donors (Lipinski definition) is 5. The van der Waals surface area contributed by atoms with Crippen molar-refractivity contribution >= 4 is 29.0 Å². The topological polar surface area (TPSA) is 196 Å². The van der Waals surface area contributed by atoms with Crippen molar-refractivity contribution < 1.29 is 44.4 Å². The van der Waals surface area contributed by atoms with Crippen molar-refractivity contribution in [2.24, 2.45) is 29.4 Å². The van der Waals surface area contributed by atoms with E-state index >= 15 is 0 Å². The van der Waals surface area contributed by atoms with Crippen LogP contribution in [-0.4, -0.2) is 86.2 Å². The van der Waals surface area contributed by atoms with E-state index in [0.717, 1.165) is 0 Å². The molecular weight excluding hydrogens is 436 g/mol. The summed E-state index contributed by atoms with van der Waals surface area (Å²) in [5, 5.41) is 44.5. The van der Waals surface area contributed by atoms with Gasteiger partial charge in [-0.05, 0) is 32.6 Å². The quantitative estimate of drug-likeness (QED) is 0.294. The Hall–Kier alpha value is -2.99. The Morgan fingerprint density at radius 1 is 1.06 bits per heavy atom. The summed E-state index contributed by atoms with van der Waals surface area (Å²) in [5.74, 6) is -14.2. The van der Waals surface area contributed by atoms with Crippen LogP contribution in [0.15, 0.2) is 18.2 Å². The van der Waals surface area contributed by atoms with Crippen molar-refractivity contribution in [3.63, 3.8) is 0 Å². The molecule has 0 spiro atoms. The lowest BCUT2D eigenvalue weighted by Crippen LogP contribution is -2.78. The van der Waals surface area contributed by atoms with Gasteiger partial charge in [-0.15, -0.1) is 0 Å². The molecule has 2 saturated carbocycles. The number of rotatable bonds is 2. The molecule has 3 aliphatic carbocycles. The number of nitrogens with two attached hydrogens (primary N) is 1. The number of phenols is 1. The van der Waals surface area contributed by atoms with Crippen LogP contribution in [0.4, 0.5) is 0 Å². The van der Waals surface area contributed by atoms with E-state index in [0.29, 0.717) is 0 Å². The summed E-state index contributed by atoms with van der Waals surface area (Å²) in [6.07, 6.45) is -1.90. The largest absolute Gasteiger partial charge is 0.507 e. The maximum absolute atomic E-state index is 13.7. The van der Waals surface area contributed by atoms with E-state index in [1.54, 1.807) is 0 Å². The number of hydrogen-bond acceptors (Lipinski definition) is 10. The fourth-order valence-electron chi connectivity index (χ4n) is 5.97. The number of aromatic hydroxyl groups is 1. The molecule has 6 unspecified atom stereocenters. The summed E-state index contributed by atoms with van der Waals surface area (Å²) >= 11 is 0. The van der Waals surface area contributed by atoms with E-state index in [1.807, 2.05) is 0 Å². The van der Waals surface area contributed by atoms with Crippen LogP contribution >= 0.6 is 0 Å². The summed E-state index contributed by atoms with van der Waals surface area (Å²) < 4.78 is 0. The first-order valence-corrected chi connectivity index (χ1v) is 10.3. The third-order valence-electron chi connectivity index (χ3n) is 7.40. The fourth-order valence-corrected chi connectivity index (χ4v) is 5.97. The minimum atomic E-state index is -3.10. The van der Waals surface area contributed by atoms with Crippen molar-refractivity contribution in [2.75, 3.05) is 14.1 Å². The van der Waals surface area contributed by atoms with Crippen molar-refractivity contribution in [1.82, 2.24) is 4.90 Å². The standard InChI is InChI=1S/C22H24N2O9/c1-21(32)7-5-4-6-8(25)9(7)15(26)10-12(21)17(28)13-14(24(2)3)16(27)11(20(23)31)19(30)22(13,33)18(10)29/h4-6,10-14,17,25,28,32-33H,1-3H3,(H2,23,31)/t10?,11?,12?,13?,14?,17?,21-,22+/m0/s1. The number of carbonyl (C=O) groups excluding carboxylic acids is 5. The average Bonchev–Trinajstić information content (AvgIpc) is 2.70. The van der Waals surface area contributed by atoms with Crippen LogP contribution in [-0.2, 0) is 24.8 Å². The van der Waals surface area contributed by atoms with Crippen LogP contribution in [0.25, 0.3) is 0 Å². The van der Waals surface area contributed by atoms with Crippen molar-refractivity contribution in [3.8, 4) is 5.75 Å². The third kappa shape index (κ3) is 2.67. The number of primary amides is 1. The van der Waals surface area contributed by atoms with Gasteiger partial charge in [0.05, 0.1) is 35.1 Å². The van der Waals surface area contributed by atoms with Crippen LogP contribution in [0.2, 0.25) is 0 Å². The molecule has 0 bridgehead atoms. The highest BCUT2D eigenvalue weighted by Crippen LogP contribution is 2.55. The molecule has 11 nitrogen and oxygen atoms in total. The van der Waals surface area contributed by atoms with Gasteiger partial charge in [-0.25, -0.2) is 0 Å². The number of phenolic OH excluding ortho intramolecular Hbond substituents is 1. The van der Waals surface area contributed by atoms with E-state index < -0.39 is 81.8 Å². The van der Waals surface area contributed by atoms with Gasteiger partial charge >= 0.3 is 0 Å². The van der Waals surface area contributed by atoms with Crippen LogP contribution in [0.5, 0.6) is 5.75 Å². The van der Waals surface area contributed by atoms with E-state index in [1.165, 1.54) is 44.1 Å². The molecule has 176 valence electrons. The number of benzene rings is 1. The molecule has 1 amide bonds. The van der Waals surface area contributed by atoms with E-state index in [2.05, 4.69) is 0 Å². The van der Waals surface area contributed by atoms with Gasteiger partial charge in [0.2, 0.25) is 5.91 Å². The van der Waals surface area contributed by atoms with Gasteiger partial charge in [0.15, 0.2) is 34.7 Å². The van der Waals surface area contributed by atoms with Gasteiger partial charge in [0.25, 0.3) is 0 Å². The Bertz CT molecular complexity index is 1130. The predicted octanol–water partition coefficient (Wildman–Crippen LogP) is -2.50. The lowest BCUT2D eigenvalue weighted by atomic mass is 9.48. The van der Waals surface area contributed by atoms with Gasteiger partial charge in [0, 0.05) is 5.92 Å². The zero-order valence-corrected chi connectivity index (χ0v) is 18.1. The highest BCUT2D eigenvalue weighted by atomic mass is 16.3. The maximum atomic E-state index is 13.7. The molecule has 2 fully saturated rings. The molecule has 0 saturated heterocycles. The van der Waals surface area contributed by atoms with Gasteiger partial charge in [-0.3, -0.25) is 28.9 Å². The molecule has 4 rings (SSSR count). The molecule has 1 aromatic carbocycles. The number of amides is 1. The van der Waals surface area contributed by atoms with E-state index in [4.69, 9.17) is 5.73 Å². The normalized spacial score (nSPS) is 40.3. The summed E-state index contributed by atoms with van der Waals surface area (Å²) in [7, 11) is 2.77. The Labute approximate surface area is 187 Å². The molecule has 6 N–H and O–H groups in total. The molecular formula is C22H24N2O9. The average molecular weight is 460 g/mol. The second-order valence-electron chi connectivity index (χ2n) is 9.37. The Morgan fingerprint density at radius 2 is 1.67 bits per heavy atom. The molecule has 0 aromatic heterocycles. The molecule has 3 aliphatic rings. The molecule has 1 aromatic rings. The number of Topliss-reactive ketones (excluding diaryl/α,β-unsaturated/α-hetero) is 4. The minimum absolute atomic E-state index is 0.0454. The highest BCUT2D eigenvalue weighted by Gasteiger charge is 2.74. The van der Waals surface area contributed by atoms with Crippen molar-refractivity contribution in [1.29, 1.82) is 0 Å². The van der Waals surface area contributed by atoms with Gasteiger partial charge in [0.1, 0.15) is 5.75 Å². The molecule has 0 heterocycles. The summed E-state index contributed by atoms with van der Waals surface area (Å²) in [6, 6.07) is 2.40. The van der Waals surface area contributed by atoms with E-state index in [9.17, 15) is 44.4 Å². The lowest BCUT2D eigenvalue weighted by Gasteiger charge is -2.57. The fraction of sp³-hybridized carbons (Fsp3) is 0.500. The summed E-state index contributed by atoms with van der Waals surface area (Å²) in [6.45, 7) is 1.24. The van der Waals surface area contributed by atoms with Crippen LogP contribution in [0, 0.1) is 23.7 Å². The smallest absolute Gasteiger partial charge is 0.235 e. The zero-order chi connectivity index (χ0) is 24.8. The summed E-state index contributed by atoms with van der Waals surface area (Å²) in [5.41, 5.74) is -0.350. The van der Waals surface area contributed by atoms with Crippen LogP contribution in [0.1, 0.15) is 22.8 Å². The maximum Gasteiger partial charge on any atom is 0.235 e. The van der Waals surface area contributed by atoms with Crippen molar-refractivity contribution in [3.05, 3.63) is 29.3 Å². The third-order valence-corrected chi connectivity index (χ3v) is 7.40. The van der Waals surface area contributed by atoms with Crippen molar-refractivity contribution in [2.45, 2.75) is 30.3 Å².